The summed E-state index contributed by atoms with van der Waals surface area (Å²) in [5.74, 6) is -1.55. The molecule has 0 radical (unpaired) electrons. The fourth-order valence-electron chi connectivity index (χ4n) is 3.38. The van der Waals surface area contributed by atoms with Crippen LogP contribution in [0.2, 0.25) is 0 Å². The number of aromatic amines is 2. The van der Waals surface area contributed by atoms with Gasteiger partial charge in [0.15, 0.2) is 9.54 Å². The fourth-order valence-corrected chi connectivity index (χ4v) is 3.93. The maximum absolute atomic E-state index is 12.8. The zero-order valence-electron chi connectivity index (χ0n) is 16.8. The van der Waals surface area contributed by atoms with Gasteiger partial charge < -0.3 is 20.1 Å². The Kier molecular flexibility index (Phi) is 6.83. The van der Waals surface area contributed by atoms with E-state index in [1.807, 2.05) is 6.07 Å². The second-order valence-corrected chi connectivity index (χ2v) is 7.53. The van der Waals surface area contributed by atoms with Crippen molar-refractivity contribution < 1.29 is 33.6 Å². The summed E-state index contributed by atoms with van der Waals surface area (Å²) < 4.78 is 2.47. The van der Waals surface area contributed by atoms with E-state index in [4.69, 9.17) is 24.4 Å². The van der Waals surface area contributed by atoms with Crippen molar-refractivity contribution in [3.63, 3.8) is 0 Å². The summed E-state index contributed by atoms with van der Waals surface area (Å²) in [7, 11) is 1.64. The molecule has 154 valence electrons. The van der Waals surface area contributed by atoms with Crippen molar-refractivity contribution in [3.8, 4) is 5.69 Å². The summed E-state index contributed by atoms with van der Waals surface area (Å²) in [5.41, 5.74) is 3.23. The monoisotopic (exact) mass is 448 g/mol. The predicted molar refractivity (Wildman–Crippen MR) is 115 cm³/mol. The van der Waals surface area contributed by atoms with Gasteiger partial charge in [0.2, 0.25) is 0 Å². The molecule has 0 saturated heterocycles. The van der Waals surface area contributed by atoms with Gasteiger partial charge in [0.1, 0.15) is 6.17 Å². The molecule has 4 N–H and O–H groups in total. The zero-order valence-corrected chi connectivity index (χ0v) is 18.4. The minimum absolute atomic E-state index is 0. The van der Waals surface area contributed by atoms with Crippen molar-refractivity contribution in [2.75, 3.05) is 17.3 Å². The van der Waals surface area contributed by atoms with Gasteiger partial charge in [0.25, 0.3) is 5.91 Å². The molecule has 0 aliphatic carbocycles. The van der Waals surface area contributed by atoms with E-state index < -0.39 is 12.1 Å². The maximum Gasteiger partial charge on any atom is 1.00 e. The van der Waals surface area contributed by atoms with Crippen molar-refractivity contribution in [3.05, 3.63) is 63.1 Å². The third-order valence-corrected chi connectivity index (χ3v) is 5.44. The molecule has 2 aromatic carbocycles. The van der Waals surface area contributed by atoms with Crippen molar-refractivity contribution in [2.24, 2.45) is 0 Å². The first-order valence-electron chi connectivity index (χ1n) is 8.96. The number of carboxylic acids is 1. The first kappa shape index (κ1) is 23.0. The van der Waals surface area contributed by atoms with E-state index in [-0.39, 0.29) is 24.8 Å². The predicted octanol–water partition coefficient (Wildman–Crippen LogP) is -1.54. The molecule has 0 fully saturated rings. The fraction of sp³-hybridized carbons (Fsp3) is 0.158. The third kappa shape index (κ3) is 4.51. The summed E-state index contributed by atoms with van der Waals surface area (Å²) >= 11 is 10.4. The number of amides is 1. The molecule has 0 spiro atoms. The molecule has 0 bridgehead atoms. The van der Waals surface area contributed by atoms with E-state index in [9.17, 15) is 14.7 Å². The van der Waals surface area contributed by atoms with Crippen LogP contribution in [0.1, 0.15) is 15.9 Å². The summed E-state index contributed by atoms with van der Waals surface area (Å²) in [6.07, 6.45) is -0.956. The summed E-state index contributed by atoms with van der Waals surface area (Å²) in [6, 6.07) is 12.3. The average Bonchev–Trinajstić information content (AvgIpc) is 3.06. The third-order valence-electron chi connectivity index (χ3n) is 4.87. The van der Waals surface area contributed by atoms with Gasteiger partial charge in [-0.1, -0.05) is 12.1 Å². The minimum atomic E-state index is -1.23. The Morgan fingerprint density at radius 3 is 2.52 bits per heavy atom. The van der Waals surface area contributed by atoms with E-state index in [0.717, 1.165) is 5.56 Å². The van der Waals surface area contributed by atoms with Gasteiger partial charge in [-0.25, -0.2) is 0 Å². The number of fused-ring (bicyclic) bond motifs is 1. The van der Waals surface area contributed by atoms with Gasteiger partial charge in [-0.3, -0.25) is 24.9 Å². The van der Waals surface area contributed by atoms with Crippen LogP contribution in [0, 0.1) is 9.54 Å². The van der Waals surface area contributed by atoms with Crippen LogP contribution in [0.25, 0.3) is 5.69 Å². The smallest absolute Gasteiger partial charge is 0.546 e. The number of hydrogen-bond acceptors (Lipinski definition) is 7. The normalized spacial score (nSPS) is 15.0. The molecule has 31 heavy (non-hydrogen) atoms. The number of nitrogens with one attached hydrogen (secondary N) is 4. The molecule has 1 aliphatic heterocycles. The molecular formula is C19H17LiN6O3S2. The molecule has 4 rings (SSSR count). The summed E-state index contributed by atoms with van der Waals surface area (Å²) in [6.45, 7) is 0.375. The number of likely N-dealkylation sites (N-methyl/N-ethyl adjacent to an activating group) is 1. The van der Waals surface area contributed by atoms with Gasteiger partial charge in [-0.15, -0.1) is 0 Å². The van der Waals surface area contributed by atoms with Gasteiger partial charge in [-0.05, 0) is 60.3 Å². The van der Waals surface area contributed by atoms with E-state index in [1.54, 1.807) is 52.9 Å². The minimum Gasteiger partial charge on any atom is -0.546 e. The van der Waals surface area contributed by atoms with E-state index >= 15 is 0 Å². The Balaban J connectivity index is 0.00000272. The van der Waals surface area contributed by atoms with Crippen molar-refractivity contribution in [1.82, 2.24) is 20.1 Å². The number of aliphatic carboxylic acids is 1. The number of nitrogens with zero attached hydrogens (tertiary/aromatic N) is 2. The number of carbonyl (C=O) groups excluding carboxylic acids is 2. The Hall–Kier alpha value is -2.68. The Morgan fingerprint density at radius 1 is 1.13 bits per heavy atom. The summed E-state index contributed by atoms with van der Waals surface area (Å²) in [4.78, 5) is 25.7. The molecule has 1 aromatic heterocycles. The molecule has 3 aromatic rings. The molecule has 1 unspecified atom stereocenters. The van der Waals surface area contributed by atoms with Crippen LogP contribution in [-0.2, 0) is 11.3 Å². The molecule has 2 heterocycles. The maximum atomic E-state index is 12.8. The molecule has 1 aliphatic rings. The van der Waals surface area contributed by atoms with Gasteiger partial charge in [-0.2, -0.15) is 0 Å². The number of aromatic nitrogens is 3. The van der Waals surface area contributed by atoms with E-state index in [2.05, 4.69) is 20.8 Å². The Bertz CT molecular complexity index is 1240. The topological polar surface area (TPSA) is 121 Å². The first-order chi connectivity index (χ1) is 14.3. The average molecular weight is 448 g/mol. The molecule has 9 nitrogen and oxygen atoms in total. The number of benzene rings is 2. The number of carbonyl (C=O) groups is 2. The molecule has 0 saturated carbocycles. The van der Waals surface area contributed by atoms with Crippen molar-refractivity contribution >= 4 is 47.7 Å². The SMILES string of the molecule is CN1c2cc(C(=O)Nc3cccc(-n4c(=S)[nH][nH]c4=S)c3)ccc2CNC1C(=O)[O-].[Li+]. The molecule has 1 atom stereocenters. The number of hydrogen-bond donors (Lipinski definition) is 4. The quantitative estimate of drug-likeness (QED) is 0.282. The van der Waals surface area contributed by atoms with Crippen molar-refractivity contribution in [2.45, 2.75) is 12.7 Å². The summed E-state index contributed by atoms with van der Waals surface area (Å²) in [5, 5.41) is 22.6. The van der Waals surface area contributed by atoms with Gasteiger partial charge in [0.05, 0.1) is 11.7 Å². The van der Waals surface area contributed by atoms with Gasteiger partial charge in [0, 0.05) is 30.5 Å². The molecule has 1 amide bonds. The van der Waals surface area contributed by atoms with Crippen LogP contribution in [-0.4, -0.2) is 39.9 Å². The largest absolute Gasteiger partial charge is 1.00 e. The number of carboxylic acid groups (broad SMARTS) is 1. The zero-order chi connectivity index (χ0) is 21.4. The van der Waals surface area contributed by atoms with Crippen LogP contribution >= 0.6 is 24.4 Å². The van der Waals surface area contributed by atoms with Crippen molar-refractivity contribution in [1.29, 1.82) is 0 Å². The molecular weight excluding hydrogens is 431 g/mol. The second kappa shape index (κ2) is 9.21. The van der Waals surface area contributed by atoms with Crippen LogP contribution in [0.3, 0.4) is 0 Å². The van der Waals surface area contributed by atoms with E-state index in [0.29, 0.717) is 38.7 Å². The number of rotatable bonds is 4. The van der Waals surface area contributed by atoms with Gasteiger partial charge >= 0.3 is 18.9 Å². The van der Waals surface area contributed by atoms with Crippen LogP contribution in [0.5, 0.6) is 0 Å². The molecule has 12 heteroatoms. The Morgan fingerprint density at radius 2 is 1.84 bits per heavy atom. The van der Waals surface area contributed by atoms with Crippen LogP contribution < -0.4 is 39.5 Å². The second-order valence-electron chi connectivity index (χ2n) is 6.76. The van der Waals surface area contributed by atoms with Crippen LogP contribution in [0.15, 0.2) is 42.5 Å². The first-order valence-corrected chi connectivity index (χ1v) is 9.78. The standard InChI is InChI=1S/C19H18N6O3S2.Li/c1-24-14-7-10(5-6-11(14)9-20-15(24)17(27)28)16(26)21-12-3-2-4-13(8-12)25-18(29)22-23-19(25)30;/h2-8,15,20H,9H2,1H3,(H,21,26)(H,22,29)(H,23,30)(H,27,28);/q;+1/p-1. The number of H-pyrrole nitrogens is 2. The Labute approximate surface area is 199 Å². The van der Waals surface area contributed by atoms with E-state index in [1.165, 1.54) is 0 Å². The number of anilines is 2. The van der Waals surface area contributed by atoms with Crippen LogP contribution in [0.4, 0.5) is 11.4 Å².